The summed E-state index contributed by atoms with van der Waals surface area (Å²) >= 11 is 0. The predicted octanol–water partition coefficient (Wildman–Crippen LogP) is 4.25. The third kappa shape index (κ3) is 12.9. The molecule has 1 aromatic heterocycles. The Hall–Kier alpha value is -5.25. The van der Waals surface area contributed by atoms with Crippen LogP contribution < -0.4 is 44.4 Å². The van der Waals surface area contributed by atoms with Crippen molar-refractivity contribution in [3.63, 3.8) is 0 Å². The number of methoxy groups -OCH3 is 3. The van der Waals surface area contributed by atoms with Gasteiger partial charge in [-0.2, -0.15) is 15.0 Å². The Morgan fingerprint density at radius 3 is 1.11 bits per heavy atom. The van der Waals surface area contributed by atoms with Gasteiger partial charge < -0.3 is 58.6 Å². The maximum atomic E-state index is 5.58. The molecule has 15 nitrogen and oxygen atoms in total. The van der Waals surface area contributed by atoms with Crippen LogP contribution in [-0.2, 0) is 14.2 Å². The summed E-state index contributed by atoms with van der Waals surface area (Å²) in [7, 11) is 4.83. The Bertz CT molecular complexity index is 1350. The van der Waals surface area contributed by atoms with Crippen molar-refractivity contribution in [1.82, 2.24) is 15.0 Å². The molecule has 0 atom stereocenters. The van der Waals surface area contributed by atoms with Crippen LogP contribution in [0, 0.1) is 0 Å². The van der Waals surface area contributed by atoms with Crippen molar-refractivity contribution in [2.45, 2.75) is 0 Å². The molecule has 4 aromatic rings. The fourth-order valence-electron chi connectivity index (χ4n) is 3.70. The SMILES string of the molecule is COc1ccc(OCOCCNc2nc(NCCOCOc3ccc(OC)cc3)nc(NCOCOc3ccc(OC)cc3)n2)cc1. The summed E-state index contributed by atoms with van der Waals surface area (Å²) in [5.74, 6) is 5.21. The van der Waals surface area contributed by atoms with Crippen molar-refractivity contribution < 1.29 is 42.6 Å². The number of ether oxygens (including phenoxy) is 9. The van der Waals surface area contributed by atoms with Gasteiger partial charge in [-0.3, -0.25) is 0 Å². The van der Waals surface area contributed by atoms with Gasteiger partial charge in [-0.25, -0.2) is 0 Å². The first kappa shape index (κ1) is 34.6. The highest BCUT2D eigenvalue weighted by molar-refractivity contribution is 5.42. The van der Waals surface area contributed by atoms with E-state index in [2.05, 4.69) is 30.9 Å². The lowest BCUT2D eigenvalue weighted by atomic mass is 10.3. The topological polar surface area (TPSA) is 158 Å². The second kappa shape index (κ2) is 20.0. The van der Waals surface area contributed by atoms with Gasteiger partial charge in [0.1, 0.15) is 41.2 Å². The van der Waals surface area contributed by atoms with Crippen molar-refractivity contribution in [1.29, 1.82) is 0 Å². The highest BCUT2D eigenvalue weighted by atomic mass is 16.7. The van der Waals surface area contributed by atoms with Gasteiger partial charge in [-0.1, -0.05) is 0 Å². The standard InChI is InChI=1S/C32H40N6O9/c1-39-24-4-10-27(11-5-24)45-21-42-18-16-33-30-36-31(34-17-19-43-22-46-28-12-6-25(40-2)7-13-28)38-32(37-30)35-20-44-23-47-29-14-8-26(41-3)9-15-29/h4-15H,16-23H2,1-3H3,(H3,33,34,35,36,37,38). The van der Waals surface area contributed by atoms with Gasteiger partial charge >= 0.3 is 0 Å². The summed E-state index contributed by atoms with van der Waals surface area (Å²) in [5, 5.41) is 9.29. The normalized spacial score (nSPS) is 10.5. The van der Waals surface area contributed by atoms with Gasteiger partial charge in [0.25, 0.3) is 0 Å². The molecule has 0 amide bonds. The number of nitrogens with zero attached hydrogens (tertiary/aromatic N) is 3. The third-order valence-corrected chi connectivity index (χ3v) is 6.13. The highest BCUT2D eigenvalue weighted by Gasteiger charge is 2.07. The molecule has 0 unspecified atom stereocenters. The van der Waals surface area contributed by atoms with E-state index in [1.165, 1.54) is 0 Å². The molecule has 0 spiro atoms. The molecule has 3 N–H and O–H groups in total. The van der Waals surface area contributed by atoms with E-state index in [1.807, 2.05) is 48.5 Å². The van der Waals surface area contributed by atoms with Crippen LogP contribution in [-0.4, -0.2) is 89.7 Å². The average molecular weight is 653 g/mol. The van der Waals surface area contributed by atoms with Crippen LogP contribution in [0.4, 0.5) is 17.8 Å². The first-order valence-electron chi connectivity index (χ1n) is 14.7. The lowest BCUT2D eigenvalue weighted by Crippen LogP contribution is -2.19. The molecule has 252 valence electrons. The fraction of sp³-hybridized carbons (Fsp3) is 0.344. The zero-order valence-corrected chi connectivity index (χ0v) is 26.6. The van der Waals surface area contributed by atoms with Crippen molar-refractivity contribution in [2.75, 3.05) is 90.7 Å². The highest BCUT2D eigenvalue weighted by Crippen LogP contribution is 2.19. The average Bonchev–Trinajstić information content (AvgIpc) is 3.12. The molecular weight excluding hydrogens is 612 g/mol. The fourth-order valence-corrected chi connectivity index (χ4v) is 3.70. The van der Waals surface area contributed by atoms with Crippen molar-refractivity contribution in [3.05, 3.63) is 72.8 Å². The predicted molar refractivity (Wildman–Crippen MR) is 174 cm³/mol. The summed E-state index contributed by atoms with van der Waals surface area (Å²) in [5.41, 5.74) is 0. The molecule has 1 heterocycles. The van der Waals surface area contributed by atoms with E-state index in [9.17, 15) is 0 Å². The number of rotatable bonds is 23. The maximum Gasteiger partial charge on any atom is 0.231 e. The van der Waals surface area contributed by atoms with Gasteiger partial charge in [0.2, 0.25) is 17.8 Å². The monoisotopic (exact) mass is 652 g/mol. The number of nitrogens with one attached hydrogen (secondary N) is 3. The zero-order chi connectivity index (χ0) is 32.9. The summed E-state index contributed by atoms with van der Waals surface area (Å²) < 4.78 is 48.9. The van der Waals surface area contributed by atoms with E-state index < -0.39 is 0 Å². The molecule has 3 aromatic carbocycles. The molecule has 15 heteroatoms. The summed E-state index contributed by atoms with van der Waals surface area (Å²) in [6, 6.07) is 21.7. The van der Waals surface area contributed by atoms with Gasteiger partial charge in [-0.15, -0.1) is 0 Å². The Balaban J connectivity index is 1.20. The Morgan fingerprint density at radius 1 is 0.426 bits per heavy atom. The van der Waals surface area contributed by atoms with Crippen LogP contribution in [0.5, 0.6) is 34.5 Å². The molecule has 0 aliphatic heterocycles. The van der Waals surface area contributed by atoms with Gasteiger partial charge in [0, 0.05) is 13.1 Å². The summed E-state index contributed by atoms with van der Waals surface area (Å²) in [6.45, 7) is 1.83. The lowest BCUT2D eigenvalue weighted by Gasteiger charge is -2.13. The molecule has 0 bridgehead atoms. The van der Waals surface area contributed by atoms with E-state index in [4.69, 9.17) is 42.6 Å². The molecule has 0 fully saturated rings. The number of hydrogen-bond donors (Lipinski definition) is 3. The van der Waals surface area contributed by atoms with Crippen LogP contribution in [0.2, 0.25) is 0 Å². The number of anilines is 3. The smallest absolute Gasteiger partial charge is 0.231 e. The van der Waals surface area contributed by atoms with E-state index in [-0.39, 0.29) is 27.1 Å². The molecule has 0 aliphatic carbocycles. The molecule has 0 aliphatic rings. The Morgan fingerprint density at radius 2 is 0.745 bits per heavy atom. The zero-order valence-electron chi connectivity index (χ0n) is 26.6. The van der Waals surface area contributed by atoms with Crippen molar-refractivity contribution in [3.8, 4) is 34.5 Å². The molecular formula is C32H40N6O9. The minimum atomic E-state index is 0.0203. The minimum absolute atomic E-state index is 0.0203. The van der Waals surface area contributed by atoms with Crippen LogP contribution in [0.25, 0.3) is 0 Å². The molecule has 47 heavy (non-hydrogen) atoms. The van der Waals surface area contributed by atoms with Crippen LogP contribution in [0.15, 0.2) is 72.8 Å². The number of aromatic nitrogens is 3. The first-order valence-corrected chi connectivity index (χ1v) is 14.7. The summed E-state index contributed by atoms with van der Waals surface area (Å²) in [6.07, 6.45) is 0. The minimum Gasteiger partial charge on any atom is -0.497 e. The number of hydrogen-bond acceptors (Lipinski definition) is 15. The van der Waals surface area contributed by atoms with Crippen LogP contribution in [0.3, 0.4) is 0 Å². The van der Waals surface area contributed by atoms with Gasteiger partial charge in [-0.05, 0) is 72.8 Å². The van der Waals surface area contributed by atoms with Gasteiger partial charge in [0.05, 0.1) is 34.5 Å². The molecule has 0 saturated heterocycles. The lowest BCUT2D eigenvalue weighted by molar-refractivity contribution is 0.0204. The van der Waals surface area contributed by atoms with E-state index in [1.54, 1.807) is 45.6 Å². The molecule has 0 radical (unpaired) electrons. The second-order valence-corrected chi connectivity index (χ2v) is 9.31. The van der Waals surface area contributed by atoms with E-state index >= 15 is 0 Å². The Kier molecular flexibility index (Phi) is 14.7. The maximum absolute atomic E-state index is 5.58. The first-order chi connectivity index (χ1) is 23.1. The van der Waals surface area contributed by atoms with E-state index in [0.717, 1.165) is 17.2 Å². The van der Waals surface area contributed by atoms with Crippen molar-refractivity contribution in [2.24, 2.45) is 0 Å². The molecule has 0 saturated carbocycles. The third-order valence-electron chi connectivity index (χ3n) is 6.13. The second-order valence-electron chi connectivity index (χ2n) is 9.31. The molecule has 4 rings (SSSR count). The van der Waals surface area contributed by atoms with Crippen LogP contribution >= 0.6 is 0 Å². The van der Waals surface area contributed by atoms with Crippen molar-refractivity contribution >= 4 is 17.8 Å². The Labute approximate surface area is 273 Å². The van der Waals surface area contributed by atoms with Gasteiger partial charge in [0.15, 0.2) is 20.4 Å². The quantitative estimate of drug-likeness (QED) is 0.0771. The summed E-state index contributed by atoms with van der Waals surface area (Å²) in [4.78, 5) is 13.3. The van der Waals surface area contributed by atoms with Crippen LogP contribution in [0.1, 0.15) is 0 Å². The largest absolute Gasteiger partial charge is 0.497 e. The van der Waals surface area contributed by atoms with E-state index in [0.29, 0.717) is 61.4 Å². The number of benzene rings is 3.